The van der Waals surface area contributed by atoms with Crippen LogP contribution in [0.2, 0.25) is 0 Å². The molecule has 5 nitrogen and oxygen atoms in total. The Morgan fingerprint density at radius 2 is 2.05 bits per heavy atom. The first-order valence-electron chi connectivity index (χ1n) is 7.57. The molecule has 1 rings (SSSR count). The lowest BCUT2D eigenvalue weighted by Gasteiger charge is -2.34. The molecule has 0 aliphatic carbocycles. The molecule has 0 aromatic rings. The van der Waals surface area contributed by atoms with E-state index >= 15 is 0 Å². The highest BCUT2D eigenvalue weighted by molar-refractivity contribution is 7.99. The van der Waals surface area contributed by atoms with Gasteiger partial charge in [0.15, 0.2) is 0 Å². The second-order valence-electron chi connectivity index (χ2n) is 6.70. The molecule has 2 atom stereocenters. The summed E-state index contributed by atoms with van der Waals surface area (Å²) in [7, 11) is 0. The minimum absolute atomic E-state index is 0.0334. The smallest absolute Gasteiger partial charge is 0.327 e. The Morgan fingerprint density at radius 1 is 1.38 bits per heavy atom. The van der Waals surface area contributed by atoms with E-state index in [1.54, 1.807) is 16.7 Å². The Labute approximate surface area is 131 Å². The lowest BCUT2D eigenvalue weighted by Crippen LogP contribution is -2.50. The quantitative estimate of drug-likeness (QED) is 0.781. The highest BCUT2D eigenvalue weighted by Crippen LogP contribution is 2.32. The summed E-state index contributed by atoms with van der Waals surface area (Å²) in [5.41, 5.74) is 5.78. The van der Waals surface area contributed by atoms with Gasteiger partial charge < -0.3 is 15.7 Å². The Morgan fingerprint density at radius 3 is 2.57 bits per heavy atom. The summed E-state index contributed by atoms with van der Waals surface area (Å²) in [6, 6.07) is -0.668. The van der Waals surface area contributed by atoms with Gasteiger partial charge in [-0.1, -0.05) is 20.8 Å². The highest BCUT2D eigenvalue weighted by atomic mass is 32.2. The zero-order chi connectivity index (χ0) is 16.0. The number of carbonyl (C=O) groups excluding carboxylic acids is 1. The number of nitrogens with two attached hydrogens (primary N) is 1. The average Bonchev–Trinajstić information content (AvgIpc) is 2.41. The third kappa shape index (κ3) is 5.51. The summed E-state index contributed by atoms with van der Waals surface area (Å²) < 4.78 is 0. The van der Waals surface area contributed by atoms with Gasteiger partial charge in [-0.3, -0.25) is 4.79 Å². The number of nitrogens with zero attached hydrogens (tertiary/aromatic N) is 1. The number of carboxylic acids is 1. The number of aliphatic carboxylic acids is 1. The third-order valence-electron chi connectivity index (χ3n) is 4.18. The van der Waals surface area contributed by atoms with Crippen molar-refractivity contribution in [2.24, 2.45) is 17.1 Å². The van der Waals surface area contributed by atoms with Crippen molar-refractivity contribution in [3.8, 4) is 0 Å². The molecule has 6 heteroatoms. The van der Waals surface area contributed by atoms with Gasteiger partial charge in [0.1, 0.15) is 6.04 Å². The number of rotatable bonds is 6. The first-order chi connectivity index (χ1) is 9.77. The van der Waals surface area contributed by atoms with Gasteiger partial charge in [-0.2, -0.15) is 11.8 Å². The molecule has 1 aliphatic rings. The molecule has 0 bridgehead atoms. The highest BCUT2D eigenvalue weighted by Gasteiger charge is 2.33. The lowest BCUT2D eigenvalue weighted by molar-refractivity contribution is -0.149. The fourth-order valence-corrected chi connectivity index (χ4v) is 3.80. The molecule has 21 heavy (non-hydrogen) atoms. The second-order valence-corrected chi connectivity index (χ2v) is 7.84. The van der Waals surface area contributed by atoms with Crippen molar-refractivity contribution in [1.82, 2.24) is 4.90 Å². The number of amides is 1. The number of carboxylic acid groups (broad SMARTS) is 1. The molecular weight excluding hydrogens is 288 g/mol. The minimum Gasteiger partial charge on any atom is -0.480 e. The molecule has 1 saturated heterocycles. The monoisotopic (exact) mass is 316 g/mol. The van der Waals surface area contributed by atoms with E-state index < -0.39 is 12.0 Å². The molecule has 1 aliphatic heterocycles. The number of thioether (sulfide) groups is 1. The van der Waals surface area contributed by atoms with Crippen molar-refractivity contribution >= 4 is 23.6 Å². The fraction of sp³-hybridized carbons (Fsp3) is 0.867. The molecule has 0 aromatic carbocycles. The first-order valence-corrected chi connectivity index (χ1v) is 8.73. The van der Waals surface area contributed by atoms with E-state index in [4.69, 9.17) is 5.73 Å². The standard InChI is InChI=1S/C15H28N2O3S/c1-15(2,3)11(6-7-16)4-5-13(18)17-8-9-21-10-12(17)14(19)20/h11-12H,4-10,16H2,1-3H3,(H,19,20). The fourth-order valence-electron chi connectivity index (χ4n) is 2.76. The van der Waals surface area contributed by atoms with E-state index in [0.29, 0.717) is 31.2 Å². The maximum atomic E-state index is 12.4. The number of carbonyl (C=O) groups is 2. The van der Waals surface area contributed by atoms with Crippen LogP contribution in [0.15, 0.2) is 0 Å². The van der Waals surface area contributed by atoms with Crippen LogP contribution in [-0.4, -0.2) is 52.5 Å². The van der Waals surface area contributed by atoms with E-state index in [1.807, 2.05) is 0 Å². The third-order valence-corrected chi connectivity index (χ3v) is 5.20. The molecule has 0 saturated carbocycles. The van der Waals surface area contributed by atoms with Gasteiger partial charge in [-0.15, -0.1) is 0 Å². The van der Waals surface area contributed by atoms with Gasteiger partial charge >= 0.3 is 5.97 Å². The van der Waals surface area contributed by atoms with Crippen LogP contribution in [0.25, 0.3) is 0 Å². The average molecular weight is 316 g/mol. The SMILES string of the molecule is CC(C)(C)C(CCN)CCC(=O)N1CCSCC1C(=O)O. The number of hydrogen-bond acceptors (Lipinski definition) is 4. The summed E-state index contributed by atoms with van der Waals surface area (Å²) in [4.78, 5) is 25.2. The normalized spacial score (nSPS) is 21.1. The first kappa shape index (κ1) is 18.3. The molecule has 2 unspecified atom stereocenters. The topological polar surface area (TPSA) is 83.6 Å². The van der Waals surface area contributed by atoms with E-state index in [1.165, 1.54) is 0 Å². The molecule has 3 N–H and O–H groups in total. The maximum absolute atomic E-state index is 12.4. The van der Waals surface area contributed by atoms with Gasteiger partial charge in [0.05, 0.1) is 0 Å². The predicted octanol–water partition coefficient (Wildman–Crippen LogP) is 1.81. The van der Waals surface area contributed by atoms with Crippen LogP contribution >= 0.6 is 11.8 Å². The van der Waals surface area contributed by atoms with Crippen LogP contribution in [0.1, 0.15) is 40.0 Å². The molecule has 0 spiro atoms. The number of hydrogen-bond donors (Lipinski definition) is 2. The molecule has 1 heterocycles. The van der Waals surface area contributed by atoms with Gasteiger partial charge in [-0.25, -0.2) is 4.79 Å². The zero-order valence-electron chi connectivity index (χ0n) is 13.3. The molecule has 0 radical (unpaired) electrons. The van der Waals surface area contributed by atoms with Crippen LogP contribution in [0, 0.1) is 11.3 Å². The molecular formula is C15H28N2O3S. The van der Waals surface area contributed by atoms with Crippen molar-refractivity contribution < 1.29 is 14.7 Å². The minimum atomic E-state index is -0.898. The summed E-state index contributed by atoms with van der Waals surface area (Å²) in [5, 5.41) is 9.22. The maximum Gasteiger partial charge on any atom is 0.327 e. The van der Waals surface area contributed by atoms with Crippen molar-refractivity contribution in [2.75, 3.05) is 24.6 Å². The van der Waals surface area contributed by atoms with Gasteiger partial charge in [0.2, 0.25) is 5.91 Å². The van der Waals surface area contributed by atoms with E-state index in [2.05, 4.69) is 20.8 Å². The summed E-state index contributed by atoms with van der Waals surface area (Å²) in [6.07, 6.45) is 2.08. The molecule has 122 valence electrons. The van der Waals surface area contributed by atoms with Crippen LogP contribution in [0.5, 0.6) is 0 Å². The predicted molar refractivity (Wildman–Crippen MR) is 86.3 cm³/mol. The molecule has 0 aromatic heterocycles. The van der Waals surface area contributed by atoms with E-state index in [-0.39, 0.29) is 11.3 Å². The van der Waals surface area contributed by atoms with E-state index in [0.717, 1.165) is 18.6 Å². The van der Waals surface area contributed by atoms with E-state index in [9.17, 15) is 14.7 Å². The summed E-state index contributed by atoms with van der Waals surface area (Å²) in [5.74, 6) is 0.765. The Kier molecular flexibility index (Phi) is 7.00. The van der Waals surface area contributed by atoms with Gasteiger partial charge in [0, 0.05) is 24.5 Å². The lowest BCUT2D eigenvalue weighted by atomic mass is 9.76. The van der Waals surface area contributed by atoms with Gasteiger partial charge in [-0.05, 0) is 30.7 Å². The van der Waals surface area contributed by atoms with Crippen molar-refractivity contribution in [1.29, 1.82) is 0 Å². The second kappa shape index (κ2) is 8.03. The van der Waals surface area contributed by atoms with Crippen LogP contribution in [0.3, 0.4) is 0 Å². The Balaban J connectivity index is 2.60. The largest absolute Gasteiger partial charge is 0.480 e. The van der Waals surface area contributed by atoms with Crippen LogP contribution in [-0.2, 0) is 9.59 Å². The van der Waals surface area contributed by atoms with Crippen molar-refractivity contribution in [3.63, 3.8) is 0 Å². The summed E-state index contributed by atoms with van der Waals surface area (Å²) >= 11 is 1.60. The van der Waals surface area contributed by atoms with Crippen LogP contribution < -0.4 is 5.73 Å². The van der Waals surface area contributed by atoms with Gasteiger partial charge in [0.25, 0.3) is 0 Å². The molecule has 1 fully saturated rings. The Bertz CT molecular complexity index is 368. The molecule has 1 amide bonds. The zero-order valence-corrected chi connectivity index (χ0v) is 14.1. The summed E-state index contributed by atoms with van der Waals surface area (Å²) in [6.45, 7) is 7.64. The van der Waals surface area contributed by atoms with Crippen molar-refractivity contribution in [3.05, 3.63) is 0 Å². The Hall–Kier alpha value is -0.750. The van der Waals surface area contributed by atoms with Crippen LogP contribution in [0.4, 0.5) is 0 Å². The van der Waals surface area contributed by atoms with Crippen molar-refractivity contribution in [2.45, 2.75) is 46.1 Å².